The smallest absolute Gasteiger partial charge is 0.341 e. The Morgan fingerprint density at radius 3 is 2.69 bits per heavy atom. The van der Waals surface area contributed by atoms with Crippen molar-refractivity contribution in [2.75, 3.05) is 13.2 Å². The van der Waals surface area contributed by atoms with Crippen LogP contribution in [0.4, 0.5) is 5.82 Å². The highest BCUT2D eigenvalue weighted by atomic mass is 16.6. The Kier molecular flexibility index (Phi) is 7.02. The second-order valence-corrected chi connectivity index (χ2v) is 7.44. The predicted octanol–water partition coefficient (Wildman–Crippen LogP) is -0.971. The van der Waals surface area contributed by atoms with Crippen LogP contribution in [0.25, 0.3) is 17.1 Å². The molecular weight excluding hydrogens is 482 g/mol. The number of esters is 1. The van der Waals surface area contributed by atoms with Crippen LogP contribution in [0.1, 0.15) is 23.5 Å². The molecule has 0 saturated carbocycles. The lowest BCUT2D eigenvalue weighted by Gasteiger charge is -2.16. The molecule has 4 heterocycles. The molecule has 0 bridgehead atoms. The number of rotatable bonds is 8. The van der Waals surface area contributed by atoms with E-state index in [9.17, 15) is 24.9 Å². The van der Waals surface area contributed by atoms with Crippen molar-refractivity contribution in [2.45, 2.75) is 31.5 Å². The van der Waals surface area contributed by atoms with Gasteiger partial charge in [-0.25, -0.2) is 24.2 Å². The van der Waals surface area contributed by atoms with Gasteiger partial charge in [0.1, 0.15) is 23.9 Å². The summed E-state index contributed by atoms with van der Waals surface area (Å²) in [7, 11) is 0. The summed E-state index contributed by atoms with van der Waals surface area (Å²) in [6, 6.07) is 0. The van der Waals surface area contributed by atoms with E-state index in [1.807, 2.05) is 0 Å². The summed E-state index contributed by atoms with van der Waals surface area (Å²) >= 11 is 0. The van der Waals surface area contributed by atoms with E-state index in [1.54, 1.807) is 6.92 Å². The molecule has 4 rings (SSSR count). The van der Waals surface area contributed by atoms with Gasteiger partial charge in [0.05, 0.1) is 37.6 Å². The molecule has 0 amide bonds. The van der Waals surface area contributed by atoms with Crippen LogP contribution >= 0.6 is 0 Å². The van der Waals surface area contributed by atoms with Gasteiger partial charge in [-0.1, -0.05) is 0 Å². The van der Waals surface area contributed by atoms with Crippen LogP contribution in [-0.4, -0.2) is 105 Å². The Hall–Kier alpha value is -4.25. The van der Waals surface area contributed by atoms with Crippen molar-refractivity contribution in [1.82, 2.24) is 29.3 Å². The molecule has 0 unspecified atom stereocenters. The number of carbonyl (C=O) groups excluding carboxylic acids is 1. The van der Waals surface area contributed by atoms with Gasteiger partial charge in [-0.05, 0) is 6.92 Å². The second kappa shape index (κ2) is 10.2. The third-order valence-corrected chi connectivity index (χ3v) is 5.19. The van der Waals surface area contributed by atoms with Gasteiger partial charge in [0, 0.05) is 12.4 Å². The van der Waals surface area contributed by atoms with Crippen LogP contribution in [-0.2, 0) is 14.3 Å². The number of nitrogens with zero attached hydrogens (tertiary/aromatic N) is 7. The summed E-state index contributed by atoms with van der Waals surface area (Å²) in [5.74, 6) is -2.34. The van der Waals surface area contributed by atoms with Crippen LogP contribution in [0, 0.1) is 0 Å². The molecule has 5 N–H and O–H groups in total. The van der Waals surface area contributed by atoms with Gasteiger partial charge in [0.15, 0.2) is 23.2 Å². The Balaban J connectivity index is 1.84. The topological polar surface area (TPSA) is 228 Å². The minimum Gasteiger partial charge on any atom is -0.515 e. The molecular formula is C20H21N7O9. The molecule has 1 saturated heterocycles. The van der Waals surface area contributed by atoms with Gasteiger partial charge in [-0.15, -0.1) is 0 Å². The lowest BCUT2D eigenvalue weighted by molar-refractivity contribution is -0.132. The summed E-state index contributed by atoms with van der Waals surface area (Å²) in [4.78, 5) is 40.0. The quantitative estimate of drug-likeness (QED) is 0.108. The molecule has 0 aromatic carbocycles. The van der Waals surface area contributed by atoms with E-state index in [4.69, 9.17) is 19.7 Å². The van der Waals surface area contributed by atoms with Gasteiger partial charge in [0.2, 0.25) is 0 Å². The zero-order valence-electron chi connectivity index (χ0n) is 18.6. The number of aliphatic carboxylic acids is 1. The van der Waals surface area contributed by atoms with E-state index in [0.29, 0.717) is 6.26 Å². The number of ether oxygens (including phenoxy) is 2. The van der Waals surface area contributed by atoms with Gasteiger partial charge in [0.25, 0.3) is 5.95 Å². The summed E-state index contributed by atoms with van der Waals surface area (Å²) in [6.07, 6.45) is -0.133. The van der Waals surface area contributed by atoms with Gasteiger partial charge in [-0.3, -0.25) is 4.57 Å². The molecule has 1 aliphatic heterocycles. The van der Waals surface area contributed by atoms with Crippen molar-refractivity contribution < 1.29 is 44.6 Å². The third-order valence-electron chi connectivity index (χ3n) is 5.19. The van der Waals surface area contributed by atoms with Crippen molar-refractivity contribution in [3.05, 3.63) is 36.1 Å². The number of aliphatic imine (C=N–C) groups is 1. The monoisotopic (exact) mass is 503 g/mol. The third kappa shape index (κ3) is 4.52. The Morgan fingerprint density at radius 2 is 2.06 bits per heavy atom. The molecule has 1 aliphatic rings. The molecule has 4 atom stereocenters. The first-order chi connectivity index (χ1) is 17.3. The van der Waals surface area contributed by atoms with Crippen molar-refractivity contribution in [3.63, 3.8) is 0 Å². The van der Waals surface area contributed by atoms with Crippen molar-refractivity contribution in [1.29, 1.82) is 0 Å². The first-order valence-corrected chi connectivity index (χ1v) is 10.5. The molecule has 3 aromatic heterocycles. The number of fused-ring (bicyclic) bond motifs is 1. The molecule has 0 spiro atoms. The normalized spacial score (nSPS) is 22.5. The molecule has 0 radical (unpaired) electrons. The SMILES string of the molecule is CCOC(=O)c1cnn(-c2nc(N=CC(=CO)C(=O)O)c3ncn([C@@H]4O[C@H](CO)[C@@H](O)[C@@H]4O)c3n2)c1. The number of carboxylic acids is 1. The lowest BCUT2D eigenvalue weighted by atomic mass is 10.1. The summed E-state index contributed by atoms with van der Waals surface area (Å²) in [5.41, 5.74) is -0.345. The predicted molar refractivity (Wildman–Crippen MR) is 118 cm³/mol. The number of carbonyl (C=O) groups is 2. The van der Waals surface area contributed by atoms with Crippen LogP contribution in [0.2, 0.25) is 0 Å². The second-order valence-electron chi connectivity index (χ2n) is 7.44. The van der Waals surface area contributed by atoms with E-state index in [2.05, 4.69) is 25.0 Å². The molecule has 16 nitrogen and oxygen atoms in total. The average molecular weight is 503 g/mol. The van der Waals surface area contributed by atoms with E-state index >= 15 is 0 Å². The maximum Gasteiger partial charge on any atom is 0.341 e. The number of aliphatic hydroxyl groups is 4. The molecule has 36 heavy (non-hydrogen) atoms. The van der Waals surface area contributed by atoms with Crippen LogP contribution in [0.5, 0.6) is 0 Å². The zero-order chi connectivity index (χ0) is 26.0. The number of hydrogen-bond donors (Lipinski definition) is 5. The maximum absolute atomic E-state index is 12.0. The van der Waals surface area contributed by atoms with Crippen LogP contribution in [0.3, 0.4) is 0 Å². The van der Waals surface area contributed by atoms with Crippen LogP contribution < -0.4 is 0 Å². The zero-order valence-corrected chi connectivity index (χ0v) is 18.6. The maximum atomic E-state index is 12.0. The van der Waals surface area contributed by atoms with Crippen LogP contribution in [0.15, 0.2) is 35.5 Å². The van der Waals surface area contributed by atoms with E-state index < -0.39 is 48.7 Å². The highest BCUT2D eigenvalue weighted by Gasteiger charge is 2.44. The van der Waals surface area contributed by atoms with E-state index in [1.165, 1.54) is 23.3 Å². The number of aromatic nitrogens is 6. The molecule has 190 valence electrons. The molecule has 1 fully saturated rings. The van der Waals surface area contributed by atoms with Crippen molar-refractivity contribution >= 4 is 35.1 Å². The first-order valence-electron chi connectivity index (χ1n) is 10.5. The minimum atomic E-state index is -1.45. The summed E-state index contributed by atoms with van der Waals surface area (Å²) in [5, 5.41) is 52.3. The Bertz CT molecular complexity index is 1350. The Labute approximate surface area is 201 Å². The fourth-order valence-electron chi connectivity index (χ4n) is 3.41. The lowest BCUT2D eigenvalue weighted by Crippen LogP contribution is -2.33. The van der Waals surface area contributed by atoms with Crippen molar-refractivity contribution in [2.24, 2.45) is 4.99 Å². The summed E-state index contributed by atoms with van der Waals surface area (Å²) < 4.78 is 12.9. The molecule has 16 heteroatoms. The number of carboxylic acid groups (broad SMARTS) is 1. The summed E-state index contributed by atoms with van der Waals surface area (Å²) in [6.45, 7) is 1.25. The number of hydrogen-bond acceptors (Lipinski definition) is 13. The first kappa shape index (κ1) is 24.9. The van der Waals surface area contributed by atoms with Gasteiger partial charge < -0.3 is 35.0 Å². The van der Waals surface area contributed by atoms with Crippen molar-refractivity contribution in [3.8, 4) is 5.95 Å². The highest BCUT2D eigenvalue weighted by molar-refractivity contribution is 6.09. The molecule has 0 aliphatic carbocycles. The standard InChI is InChI=1S/C20H21N7O9/c1-2-35-19(34)9-4-23-27(5-9)20-24-15(21-3-10(6-28)18(32)33)12-16(25-20)26(8-22-12)17-14(31)13(30)11(7-29)36-17/h3-6,8,11,13-14,17,28-31H,2,7H2,1H3,(H,32,33)/t11-,13-,14+,17-/m1/s1. The van der Waals surface area contributed by atoms with E-state index in [-0.39, 0.29) is 35.1 Å². The Morgan fingerprint density at radius 1 is 1.28 bits per heavy atom. The highest BCUT2D eigenvalue weighted by Crippen LogP contribution is 2.33. The fourth-order valence-corrected chi connectivity index (χ4v) is 3.41. The molecule has 3 aromatic rings. The van der Waals surface area contributed by atoms with Gasteiger partial charge in [-0.2, -0.15) is 15.1 Å². The average Bonchev–Trinajstić information content (AvgIpc) is 3.58. The minimum absolute atomic E-state index is 0.0417. The fraction of sp³-hybridized carbons (Fsp3) is 0.350. The number of aliphatic hydroxyl groups excluding tert-OH is 4. The largest absolute Gasteiger partial charge is 0.515 e. The van der Waals surface area contributed by atoms with E-state index in [0.717, 1.165) is 10.9 Å². The van der Waals surface area contributed by atoms with Gasteiger partial charge >= 0.3 is 11.9 Å². The number of imidazole rings is 1.